The third-order valence-corrected chi connectivity index (χ3v) is 1.58. The number of benzene rings is 1. The van der Waals surface area contributed by atoms with Gasteiger partial charge in [-0.2, -0.15) is 0 Å². The molecule has 11 heavy (non-hydrogen) atoms. The first-order valence-corrected chi connectivity index (χ1v) is 3.63. The van der Waals surface area contributed by atoms with Crippen molar-refractivity contribution in [3.05, 3.63) is 35.1 Å². The Morgan fingerprint density at radius 3 is 2.73 bits per heavy atom. The zero-order chi connectivity index (χ0) is 8.27. The van der Waals surface area contributed by atoms with Crippen LogP contribution in [0, 0.1) is 12.7 Å². The average Bonchev–Trinajstić information content (AvgIpc) is 1.95. The van der Waals surface area contributed by atoms with Crippen LogP contribution in [0.15, 0.2) is 18.2 Å². The summed E-state index contributed by atoms with van der Waals surface area (Å²) >= 11 is 0. The van der Waals surface area contributed by atoms with Crippen LogP contribution in [0.4, 0.5) is 4.39 Å². The summed E-state index contributed by atoms with van der Waals surface area (Å²) in [5.41, 5.74) is 1.68. The molecule has 0 radical (unpaired) electrons. The van der Waals surface area contributed by atoms with E-state index in [4.69, 9.17) is 0 Å². The fraction of sp³-hybridized carbons (Fsp3) is 0.333. The van der Waals surface area contributed by atoms with Gasteiger partial charge in [-0.15, -0.1) is 0 Å². The minimum absolute atomic E-state index is 0.126. The Bertz CT molecular complexity index is 245. The van der Waals surface area contributed by atoms with Gasteiger partial charge in [-0.25, -0.2) is 4.39 Å². The maximum atomic E-state index is 13.0. The first kappa shape index (κ1) is 8.21. The van der Waals surface area contributed by atoms with E-state index in [1.165, 1.54) is 0 Å². The van der Waals surface area contributed by atoms with Gasteiger partial charge in [0.1, 0.15) is 5.82 Å². The lowest BCUT2D eigenvalue weighted by atomic mass is 10.1. The number of aryl methyl sites for hydroxylation is 1. The molecule has 0 amide bonds. The molecule has 0 aromatic heterocycles. The molecule has 1 N–H and O–H groups in total. The summed E-state index contributed by atoms with van der Waals surface area (Å²) in [6.07, 6.45) is 0. The number of hydrogen-bond acceptors (Lipinski definition) is 1. The minimum atomic E-state index is -0.126. The van der Waals surface area contributed by atoms with E-state index < -0.39 is 0 Å². The first-order valence-electron chi connectivity index (χ1n) is 3.63. The molecular weight excluding hydrogens is 141 g/mol. The molecule has 0 fully saturated rings. The van der Waals surface area contributed by atoms with Crippen LogP contribution < -0.4 is 5.32 Å². The van der Waals surface area contributed by atoms with Crippen molar-refractivity contribution in [1.29, 1.82) is 0 Å². The Morgan fingerprint density at radius 1 is 1.45 bits per heavy atom. The van der Waals surface area contributed by atoms with E-state index in [1.54, 1.807) is 19.2 Å². The van der Waals surface area contributed by atoms with Crippen molar-refractivity contribution in [1.82, 2.24) is 5.32 Å². The number of halogens is 1. The average molecular weight is 153 g/mol. The summed E-state index contributed by atoms with van der Waals surface area (Å²) in [6, 6.07) is 5.27. The smallest absolute Gasteiger partial charge is 0.127 e. The van der Waals surface area contributed by atoms with Gasteiger partial charge in [0.2, 0.25) is 0 Å². The lowest BCUT2D eigenvalue weighted by molar-refractivity contribution is 0.600. The van der Waals surface area contributed by atoms with Crippen molar-refractivity contribution >= 4 is 0 Å². The zero-order valence-corrected chi connectivity index (χ0v) is 6.82. The molecule has 0 saturated heterocycles. The summed E-state index contributed by atoms with van der Waals surface area (Å²) in [7, 11) is 1.80. The van der Waals surface area contributed by atoms with E-state index in [2.05, 4.69) is 5.32 Å². The maximum Gasteiger partial charge on any atom is 0.127 e. The Morgan fingerprint density at radius 2 is 2.18 bits per heavy atom. The quantitative estimate of drug-likeness (QED) is 0.683. The van der Waals surface area contributed by atoms with E-state index in [1.807, 2.05) is 13.0 Å². The molecule has 60 valence electrons. The molecule has 1 aromatic rings. The van der Waals surface area contributed by atoms with Crippen molar-refractivity contribution in [2.75, 3.05) is 7.05 Å². The van der Waals surface area contributed by atoms with Gasteiger partial charge < -0.3 is 5.32 Å². The second-order valence-corrected chi connectivity index (χ2v) is 2.63. The molecule has 1 aromatic carbocycles. The Kier molecular flexibility index (Phi) is 2.60. The van der Waals surface area contributed by atoms with Crippen molar-refractivity contribution in [3.8, 4) is 0 Å². The lowest BCUT2D eigenvalue weighted by Gasteiger charge is -2.01. The van der Waals surface area contributed by atoms with Gasteiger partial charge in [-0.3, -0.25) is 0 Å². The third-order valence-electron chi connectivity index (χ3n) is 1.58. The SMILES string of the molecule is CNCc1ccc(C)cc1F. The van der Waals surface area contributed by atoms with Gasteiger partial charge in [0.15, 0.2) is 0 Å². The highest BCUT2D eigenvalue weighted by Gasteiger charge is 1.98. The molecular formula is C9H12FN. The van der Waals surface area contributed by atoms with E-state index in [0.29, 0.717) is 6.54 Å². The highest BCUT2D eigenvalue weighted by molar-refractivity contribution is 5.23. The zero-order valence-electron chi connectivity index (χ0n) is 6.82. The minimum Gasteiger partial charge on any atom is -0.316 e. The molecule has 0 unspecified atom stereocenters. The number of nitrogens with one attached hydrogen (secondary N) is 1. The highest BCUT2D eigenvalue weighted by atomic mass is 19.1. The van der Waals surface area contributed by atoms with Crippen molar-refractivity contribution < 1.29 is 4.39 Å². The summed E-state index contributed by atoms with van der Waals surface area (Å²) in [6.45, 7) is 2.47. The predicted octanol–water partition coefficient (Wildman–Crippen LogP) is 1.85. The van der Waals surface area contributed by atoms with Crippen LogP contribution in [-0.2, 0) is 6.54 Å². The topological polar surface area (TPSA) is 12.0 Å². The van der Waals surface area contributed by atoms with Crippen molar-refractivity contribution in [3.63, 3.8) is 0 Å². The normalized spacial score (nSPS) is 10.1. The van der Waals surface area contributed by atoms with Crippen LogP contribution in [0.5, 0.6) is 0 Å². The molecule has 0 aliphatic heterocycles. The molecule has 0 aliphatic rings. The van der Waals surface area contributed by atoms with Gasteiger partial charge in [0, 0.05) is 12.1 Å². The lowest BCUT2D eigenvalue weighted by Crippen LogP contribution is -2.06. The van der Waals surface area contributed by atoms with Crippen LogP contribution in [0.25, 0.3) is 0 Å². The van der Waals surface area contributed by atoms with Gasteiger partial charge >= 0.3 is 0 Å². The molecule has 1 nitrogen and oxygen atoms in total. The summed E-state index contributed by atoms with van der Waals surface area (Å²) in [4.78, 5) is 0. The molecule has 0 aliphatic carbocycles. The molecule has 0 atom stereocenters. The van der Waals surface area contributed by atoms with Gasteiger partial charge in [-0.1, -0.05) is 12.1 Å². The summed E-state index contributed by atoms with van der Waals surface area (Å²) in [5, 5.41) is 2.90. The van der Waals surface area contributed by atoms with Crippen LogP contribution in [0.2, 0.25) is 0 Å². The maximum absolute atomic E-state index is 13.0. The molecule has 0 bridgehead atoms. The van der Waals surface area contributed by atoms with E-state index >= 15 is 0 Å². The van der Waals surface area contributed by atoms with Crippen LogP contribution in [0.3, 0.4) is 0 Å². The Balaban J connectivity index is 2.90. The first-order chi connectivity index (χ1) is 5.24. The number of rotatable bonds is 2. The molecule has 0 saturated carbocycles. The standard InChI is InChI=1S/C9H12FN/c1-7-3-4-8(6-11-2)9(10)5-7/h3-5,11H,6H2,1-2H3. The predicted molar refractivity (Wildman–Crippen MR) is 43.9 cm³/mol. The van der Waals surface area contributed by atoms with Crippen LogP contribution in [-0.4, -0.2) is 7.05 Å². The van der Waals surface area contributed by atoms with Crippen LogP contribution >= 0.6 is 0 Å². The highest BCUT2D eigenvalue weighted by Crippen LogP contribution is 2.08. The third kappa shape index (κ3) is 2.02. The summed E-state index contributed by atoms with van der Waals surface area (Å²) < 4.78 is 13.0. The van der Waals surface area contributed by atoms with Crippen LogP contribution in [0.1, 0.15) is 11.1 Å². The Labute approximate surface area is 66.2 Å². The fourth-order valence-corrected chi connectivity index (χ4v) is 0.986. The summed E-state index contributed by atoms with van der Waals surface area (Å²) in [5.74, 6) is -0.126. The Hall–Kier alpha value is -0.890. The van der Waals surface area contributed by atoms with E-state index in [9.17, 15) is 4.39 Å². The van der Waals surface area contributed by atoms with Gasteiger partial charge in [-0.05, 0) is 25.6 Å². The monoisotopic (exact) mass is 153 g/mol. The van der Waals surface area contributed by atoms with Gasteiger partial charge in [0.05, 0.1) is 0 Å². The second kappa shape index (κ2) is 3.49. The number of hydrogen-bond donors (Lipinski definition) is 1. The second-order valence-electron chi connectivity index (χ2n) is 2.63. The molecule has 0 heterocycles. The fourth-order valence-electron chi connectivity index (χ4n) is 0.986. The molecule has 0 spiro atoms. The molecule has 2 heteroatoms. The van der Waals surface area contributed by atoms with Gasteiger partial charge in [0.25, 0.3) is 0 Å². The van der Waals surface area contributed by atoms with E-state index in [0.717, 1.165) is 11.1 Å². The largest absolute Gasteiger partial charge is 0.316 e. The van der Waals surface area contributed by atoms with Crippen molar-refractivity contribution in [2.45, 2.75) is 13.5 Å². The molecule has 1 rings (SSSR count). The van der Waals surface area contributed by atoms with E-state index in [-0.39, 0.29) is 5.82 Å². The van der Waals surface area contributed by atoms with Crippen molar-refractivity contribution in [2.24, 2.45) is 0 Å².